The Morgan fingerprint density at radius 1 is 1.18 bits per heavy atom. The Morgan fingerprint density at radius 3 is 2.61 bits per heavy atom. The second-order valence-corrected chi connectivity index (χ2v) is 9.87. The van der Waals surface area contributed by atoms with Gasteiger partial charge in [-0.2, -0.15) is 13.1 Å². The number of nitrogens with one attached hydrogen (secondary N) is 1. The van der Waals surface area contributed by atoms with E-state index < -0.39 is 22.5 Å². The molecule has 2 aromatic rings. The van der Waals surface area contributed by atoms with E-state index in [0.717, 1.165) is 19.3 Å². The topological polar surface area (TPSA) is 84.9 Å². The zero-order valence-corrected chi connectivity index (χ0v) is 19.6. The highest BCUT2D eigenvalue weighted by Crippen LogP contribution is 2.30. The Morgan fingerprint density at radius 2 is 1.94 bits per heavy atom. The van der Waals surface area contributed by atoms with Gasteiger partial charge in [-0.25, -0.2) is 8.42 Å². The van der Waals surface area contributed by atoms with Crippen molar-refractivity contribution in [3.05, 3.63) is 53.1 Å². The Bertz CT molecular complexity index is 1110. The normalized spacial score (nSPS) is 17.1. The second-order valence-electron chi connectivity index (χ2n) is 7.98. The third kappa shape index (κ3) is 5.80. The lowest BCUT2D eigenvalue weighted by Crippen LogP contribution is -2.42. The molecule has 0 spiro atoms. The van der Waals surface area contributed by atoms with Crippen LogP contribution in [0, 0.1) is 6.92 Å². The molecule has 1 heterocycles. The molecular formula is C23H28F2N2O5S. The van der Waals surface area contributed by atoms with E-state index in [1.807, 2.05) is 6.92 Å². The standard InChI is InChI=1S/C23H28F2N2O5S/c1-15-7-9-18(33(29,30)27-11-5-4-6-16(27)2)13-19(15)22(28)26-14-17-8-10-20(31-3)21(12-17)32-23(24)25/h7-10,12-13,16,23H,4-6,11,14H2,1-3H3,(H,26,28). The molecule has 180 valence electrons. The van der Waals surface area contributed by atoms with Gasteiger partial charge in [0.25, 0.3) is 5.91 Å². The van der Waals surface area contributed by atoms with Crippen molar-refractivity contribution in [2.24, 2.45) is 0 Å². The third-order valence-corrected chi connectivity index (χ3v) is 7.71. The number of hydrogen-bond donors (Lipinski definition) is 1. The molecule has 3 rings (SSSR count). The van der Waals surface area contributed by atoms with E-state index in [1.54, 1.807) is 19.1 Å². The van der Waals surface area contributed by atoms with Gasteiger partial charge < -0.3 is 14.8 Å². The molecule has 1 aliphatic heterocycles. The number of rotatable bonds is 8. The van der Waals surface area contributed by atoms with Crippen LogP contribution >= 0.6 is 0 Å². The van der Waals surface area contributed by atoms with Crippen molar-refractivity contribution in [1.82, 2.24) is 9.62 Å². The molecule has 0 aromatic heterocycles. The van der Waals surface area contributed by atoms with Crippen LogP contribution in [0.15, 0.2) is 41.3 Å². The van der Waals surface area contributed by atoms with Crippen molar-refractivity contribution in [1.29, 1.82) is 0 Å². The lowest BCUT2D eigenvalue weighted by Gasteiger charge is -2.32. The van der Waals surface area contributed by atoms with Crippen molar-refractivity contribution < 1.29 is 31.5 Å². The molecule has 0 saturated carbocycles. The molecule has 7 nitrogen and oxygen atoms in total. The van der Waals surface area contributed by atoms with Crippen LogP contribution in [0.3, 0.4) is 0 Å². The number of carbonyl (C=O) groups is 1. The maximum absolute atomic E-state index is 13.2. The third-order valence-electron chi connectivity index (χ3n) is 5.70. The molecule has 0 aliphatic carbocycles. The first-order valence-corrected chi connectivity index (χ1v) is 12.1. The molecule has 0 radical (unpaired) electrons. The number of amides is 1. The molecule has 1 saturated heterocycles. The lowest BCUT2D eigenvalue weighted by atomic mass is 10.1. The maximum Gasteiger partial charge on any atom is 0.387 e. The molecule has 1 atom stereocenters. The molecule has 0 bridgehead atoms. The van der Waals surface area contributed by atoms with Crippen LogP contribution in [-0.4, -0.2) is 44.9 Å². The van der Waals surface area contributed by atoms with E-state index in [-0.39, 0.29) is 34.5 Å². The minimum absolute atomic E-state index is 0.0298. The fourth-order valence-electron chi connectivity index (χ4n) is 3.87. The minimum Gasteiger partial charge on any atom is -0.493 e. The number of alkyl halides is 2. The van der Waals surface area contributed by atoms with Gasteiger partial charge in [0.05, 0.1) is 12.0 Å². The molecular weight excluding hydrogens is 454 g/mol. The maximum atomic E-state index is 13.2. The van der Waals surface area contributed by atoms with Crippen LogP contribution in [0.1, 0.15) is 47.7 Å². The van der Waals surface area contributed by atoms with Gasteiger partial charge in [0.15, 0.2) is 11.5 Å². The van der Waals surface area contributed by atoms with E-state index in [9.17, 15) is 22.0 Å². The molecule has 1 fully saturated rings. The zero-order chi connectivity index (χ0) is 24.2. The summed E-state index contributed by atoms with van der Waals surface area (Å²) in [6.45, 7) is 1.08. The summed E-state index contributed by atoms with van der Waals surface area (Å²) in [5.74, 6) is -0.464. The van der Waals surface area contributed by atoms with E-state index in [0.29, 0.717) is 17.7 Å². The highest BCUT2D eigenvalue weighted by Gasteiger charge is 2.31. The van der Waals surface area contributed by atoms with Gasteiger partial charge in [0.1, 0.15) is 0 Å². The minimum atomic E-state index is -3.72. The molecule has 1 aliphatic rings. The average Bonchev–Trinajstić information content (AvgIpc) is 2.77. The number of benzene rings is 2. The number of hydrogen-bond acceptors (Lipinski definition) is 5. The lowest BCUT2D eigenvalue weighted by molar-refractivity contribution is -0.0512. The summed E-state index contributed by atoms with van der Waals surface area (Å²) in [4.78, 5) is 12.9. The van der Waals surface area contributed by atoms with E-state index >= 15 is 0 Å². The van der Waals surface area contributed by atoms with Crippen molar-refractivity contribution in [2.75, 3.05) is 13.7 Å². The predicted molar refractivity (Wildman–Crippen MR) is 119 cm³/mol. The van der Waals surface area contributed by atoms with E-state index in [4.69, 9.17) is 4.74 Å². The van der Waals surface area contributed by atoms with Crippen LogP contribution < -0.4 is 14.8 Å². The number of nitrogens with zero attached hydrogens (tertiary/aromatic N) is 1. The highest BCUT2D eigenvalue weighted by atomic mass is 32.2. The van der Waals surface area contributed by atoms with Crippen molar-refractivity contribution in [3.8, 4) is 11.5 Å². The number of sulfonamides is 1. The summed E-state index contributed by atoms with van der Waals surface area (Å²) < 4.78 is 62.6. The Hall–Kier alpha value is -2.72. The monoisotopic (exact) mass is 482 g/mol. The number of piperidine rings is 1. The van der Waals surface area contributed by atoms with Crippen LogP contribution in [0.5, 0.6) is 11.5 Å². The van der Waals surface area contributed by atoms with Crippen molar-refractivity contribution in [2.45, 2.75) is 57.2 Å². The molecule has 33 heavy (non-hydrogen) atoms. The molecule has 2 aromatic carbocycles. The smallest absolute Gasteiger partial charge is 0.387 e. The van der Waals surface area contributed by atoms with E-state index in [2.05, 4.69) is 10.1 Å². The van der Waals surface area contributed by atoms with Gasteiger partial charge >= 0.3 is 6.61 Å². The summed E-state index contributed by atoms with van der Waals surface area (Å²) >= 11 is 0. The van der Waals surface area contributed by atoms with Gasteiger partial charge in [-0.1, -0.05) is 18.6 Å². The van der Waals surface area contributed by atoms with Gasteiger partial charge in [0, 0.05) is 24.7 Å². The first-order chi connectivity index (χ1) is 15.6. The number of aryl methyl sites for hydroxylation is 1. The van der Waals surface area contributed by atoms with Crippen LogP contribution in [-0.2, 0) is 16.6 Å². The van der Waals surface area contributed by atoms with Crippen LogP contribution in [0.4, 0.5) is 8.78 Å². The zero-order valence-electron chi connectivity index (χ0n) is 18.8. The largest absolute Gasteiger partial charge is 0.493 e. The molecule has 10 heteroatoms. The first kappa shape index (κ1) is 24.9. The van der Waals surface area contributed by atoms with E-state index in [1.165, 1.54) is 35.7 Å². The van der Waals surface area contributed by atoms with Gasteiger partial charge in [-0.3, -0.25) is 4.79 Å². The highest BCUT2D eigenvalue weighted by molar-refractivity contribution is 7.89. The number of methoxy groups -OCH3 is 1. The quantitative estimate of drug-likeness (QED) is 0.613. The Labute approximate surface area is 192 Å². The fraction of sp³-hybridized carbons (Fsp3) is 0.435. The molecule has 1 N–H and O–H groups in total. The SMILES string of the molecule is COc1ccc(CNC(=O)c2cc(S(=O)(=O)N3CCCCC3C)ccc2C)cc1OC(F)F. The number of ether oxygens (including phenoxy) is 2. The summed E-state index contributed by atoms with van der Waals surface area (Å²) in [5.41, 5.74) is 1.37. The fourth-order valence-corrected chi connectivity index (χ4v) is 5.59. The Kier molecular flexibility index (Phi) is 7.91. The Balaban J connectivity index is 1.78. The van der Waals surface area contributed by atoms with Gasteiger partial charge in [-0.05, 0) is 62.1 Å². The summed E-state index contributed by atoms with van der Waals surface area (Å²) in [5, 5.41) is 2.71. The van der Waals surface area contributed by atoms with Crippen LogP contribution in [0.2, 0.25) is 0 Å². The molecule has 1 unspecified atom stereocenters. The molecule has 1 amide bonds. The van der Waals surface area contributed by atoms with Crippen LogP contribution in [0.25, 0.3) is 0 Å². The first-order valence-electron chi connectivity index (χ1n) is 10.7. The summed E-state index contributed by atoms with van der Waals surface area (Å²) in [6.07, 6.45) is 2.60. The van der Waals surface area contributed by atoms with Gasteiger partial charge in [-0.15, -0.1) is 0 Å². The summed E-state index contributed by atoms with van der Waals surface area (Å²) in [6, 6.07) is 8.86. The van der Waals surface area contributed by atoms with Crippen molar-refractivity contribution >= 4 is 15.9 Å². The average molecular weight is 483 g/mol. The predicted octanol–water partition coefficient (Wildman–Crippen LogP) is 4.10. The van der Waals surface area contributed by atoms with Gasteiger partial charge in [0.2, 0.25) is 10.0 Å². The summed E-state index contributed by atoms with van der Waals surface area (Å²) in [7, 11) is -2.39. The number of carbonyl (C=O) groups excluding carboxylic acids is 1. The number of halogens is 2. The van der Waals surface area contributed by atoms with Crippen molar-refractivity contribution in [3.63, 3.8) is 0 Å². The second kappa shape index (κ2) is 10.5.